The Labute approximate surface area is 268 Å². The van der Waals surface area contributed by atoms with Crippen molar-refractivity contribution in [3.05, 3.63) is 140 Å². The number of hydrogen-bond acceptors (Lipinski definition) is 0. The Balaban J connectivity index is 1.32. The van der Waals surface area contributed by atoms with Crippen LogP contribution in [-0.2, 0) is 0 Å². The molecule has 0 bridgehead atoms. The second kappa shape index (κ2) is 7.60. The Bertz CT molecular complexity index is 3040. The van der Waals surface area contributed by atoms with Crippen LogP contribution in [0.4, 0.5) is 0 Å². The molecule has 0 aliphatic carbocycles. The van der Waals surface area contributed by atoms with Gasteiger partial charge in [0.25, 0.3) is 6.71 Å². The Morgan fingerprint density at radius 1 is 0.340 bits per heavy atom. The summed E-state index contributed by atoms with van der Waals surface area (Å²) in [6, 6.07) is 52.2. The van der Waals surface area contributed by atoms with Crippen molar-refractivity contribution in [2.45, 2.75) is 0 Å². The zero-order chi connectivity index (χ0) is 30.1. The van der Waals surface area contributed by atoms with E-state index >= 15 is 0 Å². The van der Waals surface area contributed by atoms with E-state index in [1.807, 2.05) is 0 Å². The van der Waals surface area contributed by atoms with Crippen molar-refractivity contribution in [1.29, 1.82) is 0 Å². The number of imidazole rings is 2. The third-order valence-corrected chi connectivity index (χ3v) is 11.3. The first-order chi connectivity index (χ1) is 23.3. The van der Waals surface area contributed by atoms with E-state index in [-0.39, 0.29) is 6.71 Å². The number of nitrogens with zero attached hydrogens (tertiary/aromatic N) is 4. The normalized spacial score (nSPS) is 13.5. The highest BCUT2D eigenvalue weighted by molar-refractivity contribution is 7.02. The number of aromatic nitrogens is 4. The summed E-state index contributed by atoms with van der Waals surface area (Å²) in [5.41, 5.74) is 16.8. The number of para-hydroxylation sites is 2. The number of hydrogen-bond donors (Lipinski definition) is 0. The lowest BCUT2D eigenvalue weighted by Gasteiger charge is -2.31. The monoisotopic (exact) mass is 594 g/mol. The van der Waals surface area contributed by atoms with Gasteiger partial charge in [-0.15, -0.1) is 0 Å². The maximum absolute atomic E-state index is 2.56. The van der Waals surface area contributed by atoms with Crippen LogP contribution in [0, 0.1) is 0 Å². The Hall–Kier alpha value is -6.20. The van der Waals surface area contributed by atoms with Gasteiger partial charge in [-0.3, -0.25) is 17.9 Å². The van der Waals surface area contributed by atoms with Crippen LogP contribution < -0.4 is 16.4 Å². The van der Waals surface area contributed by atoms with Crippen molar-refractivity contribution in [1.82, 2.24) is 17.9 Å². The first kappa shape index (κ1) is 23.2. The van der Waals surface area contributed by atoms with Gasteiger partial charge in [0.2, 0.25) is 0 Å². The summed E-state index contributed by atoms with van der Waals surface area (Å²) < 4.78 is 10.2. The molecule has 0 saturated carbocycles. The predicted molar refractivity (Wildman–Crippen MR) is 197 cm³/mol. The Morgan fingerprint density at radius 2 is 0.745 bits per heavy atom. The molecule has 7 aromatic carbocycles. The molecule has 13 rings (SSSR count). The smallest absolute Gasteiger partial charge is 0.258 e. The molecule has 5 heteroatoms. The van der Waals surface area contributed by atoms with Crippen molar-refractivity contribution >= 4 is 99.8 Å². The predicted octanol–water partition coefficient (Wildman–Crippen LogP) is 7.84. The lowest BCUT2D eigenvalue weighted by molar-refractivity contribution is 1.12. The summed E-state index contributed by atoms with van der Waals surface area (Å²) >= 11 is 0. The minimum Gasteiger partial charge on any atom is -0.295 e. The fourth-order valence-electron chi connectivity index (χ4n) is 9.53. The van der Waals surface area contributed by atoms with E-state index in [1.54, 1.807) is 0 Å². The third kappa shape index (κ3) is 2.47. The van der Waals surface area contributed by atoms with Crippen LogP contribution in [0.25, 0.3) is 88.1 Å². The van der Waals surface area contributed by atoms with Gasteiger partial charge < -0.3 is 0 Å². The molecule has 47 heavy (non-hydrogen) atoms. The van der Waals surface area contributed by atoms with Crippen LogP contribution >= 0.6 is 0 Å². The largest absolute Gasteiger partial charge is 0.295 e. The molecule has 6 heterocycles. The molecule has 0 radical (unpaired) electrons. The van der Waals surface area contributed by atoms with Gasteiger partial charge in [-0.1, -0.05) is 91.0 Å². The highest BCUT2D eigenvalue weighted by Gasteiger charge is 2.44. The second-order valence-corrected chi connectivity index (χ2v) is 13.4. The van der Waals surface area contributed by atoms with Crippen molar-refractivity contribution in [2.24, 2.45) is 0 Å². The van der Waals surface area contributed by atoms with Crippen LogP contribution in [0.5, 0.6) is 0 Å². The average molecular weight is 594 g/mol. The van der Waals surface area contributed by atoms with E-state index in [9.17, 15) is 0 Å². The minimum atomic E-state index is 0.0865. The molecule has 4 aromatic heterocycles. The van der Waals surface area contributed by atoms with Gasteiger partial charge in [0.05, 0.1) is 33.1 Å². The zero-order valence-corrected chi connectivity index (χ0v) is 25.1. The number of benzene rings is 7. The van der Waals surface area contributed by atoms with Gasteiger partial charge in [-0.05, 0) is 97.2 Å². The summed E-state index contributed by atoms with van der Waals surface area (Å²) in [6.45, 7) is 0.0865. The van der Waals surface area contributed by atoms with Crippen LogP contribution in [0.2, 0.25) is 0 Å². The molecule has 0 spiro atoms. The summed E-state index contributed by atoms with van der Waals surface area (Å²) in [6.07, 6.45) is 0. The summed E-state index contributed by atoms with van der Waals surface area (Å²) in [5, 5.41) is 7.72. The van der Waals surface area contributed by atoms with Crippen LogP contribution in [0.1, 0.15) is 0 Å². The fraction of sp³-hybridized carbons (Fsp3) is 0. The van der Waals surface area contributed by atoms with E-state index < -0.39 is 0 Å². The van der Waals surface area contributed by atoms with Gasteiger partial charge in [-0.2, -0.15) is 0 Å². The lowest BCUT2D eigenvalue weighted by Crippen LogP contribution is -2.59. The molecule has 11 aromatic rings. The Morgan fingerprint density at radius 3 is 1.21 bits per heavy atom. The summed E-state index contributed by atoms with van der Waals surface area (Å²) in [4.78, 5) is 0. The van der Waals surface area contributed by atoms with Gasteiger partial charge in [0.1, 0.15) is 11.3 Å². The molecule has 0 unspecified atom stereocenters. The standard InChI is InChI=1S/C42H23BN4/c1-3-12-26-22-36-34(20-24(26)10-1)44-30-16-7-5-14-28(30)38-41(44)46(36)32-18-9-19-33-40(32)43(38)39-29-15-6-8-17-31(29)45-35-21-25-11-2-4-13-27(25)23-37(35)47(33)42(39)45/h1-23H. The quantitative estimate of drug-likeness (QED) is 0.159. The van der Waals surface area contributed by atoms with Crippen molar-refractivity contribution in [3.8, 4) is 11.4 Å². The zero-order valence-electron chi connectivity index (χ0n) is 25.1. The van der Waals surface area contributed by atoms with E-state index in [0.717, 1.165) is 0 Å². The molecule has 0 saturated heterocycles. The fourth-order valence-corrected chi connectivity index (χ4v) is 9.53. The highest BCUT2D eigenvalue weighted by Crippen LogP contribution is 2.40. The van der Waals surface area contributed by atoms with Crippen molar-refractivity contribution in [3.63, 3.8) is 0 Å². The Kier molecular flexibility index (Phi) is 3.75. The molecular weight excluding hydrogens is 571 g/mol. The van der Waals surface area contributed by atoms with Crippen LogP contribution in [-0.4, -0.2) is 24.6 Å². The second-order valence-electron chi connectivity index (χ2n) is 13.4. The van der Waals surface area contributed by atoms with E-state index in [1.165, 1.54) is 104 Å². The minimum absolute atomic E-state index is 0.0865. The molecule has 0 fully saturated rings. The molecule has 214 valence electrons. The number of fused-ring (bicyclic) bond motifs is 18. The SMILES string of the molecule is c1cc2c3c(c1)-n1c4cc5ccccc5cc4n4c5ccccc5c(c14)B3c1c3ccccc3n3c4cc5ccccc5cc4n-2c13. The van der Waals surface area contributed by atoms with E-state index in [0.29, 0.717) is 0 Å². The summed E-state index contributed by atoms with van der Waals surface area (Å²) in [7, 11) is 0. The van der Waals surface area contributed by atoms with Gasteiger partial charge in [-0.25, -0.2) is 0 Å². The van der Waals surface area contributed by atoms with Crippen LogP contribution in [0.15, 0.2) is 140 Å². The van der Waals surface area contributed by atoms with E-state index in [2.05, 4.69) is 157 Å². The maximum Gasteiger partial charge on any atom is 0.258 e. The topological polar surface area (TPSA) is 18.7 Å². The molecule has 4 nitrogen and oxygen atoms in total. The van der Waals surface area contributed by atoms with Crippen molar-refractivity contribution in [2.75, 3.05) is 0 Å². The van der Waals surface area contributed by atoms with E-state index in [4.69, 9.17) is 0 Å². The molecular formula is C42H23BN4. The highest BCUT2D eigenvalue weighted by atomic mass is 15.2. The molecule has 2 aliphatic rings. The molecule has 0 amide bonds. The third-order valence-electron chi connectivity index (χ3n) is 11.3. The first-order valence-electron chi connectivity index (χ1n) is 16.4. The van der Waals surface area contributed by atoms with Crippen molar-refractivity contribution < 1.29 is 0 Å². The first-order valence-corrected chi connectivity index (χ1v) is 16.4. The van der Waals surface area contributed by atoms with Gasteiger partial charge in [0.15, 0.2) is 0 Å². The number of rotatable bonds is 0. The van der Waals surface area contributed by atoms with Gasteiger partial charge >= 0.3 is 0 Å². The van der Waals surface area contributed by atoms with Crippen LogP contribution in [0.3, 0.4) is 0 Å². The maximum atomic E-state index is 2.56. The summed E-state index contributed by atoms with van der Waals surface area (Å²) in [5.74, 6) is 0. The average Bonchev–Trinajstić information content (AvgIpc) is 3.84. The molecule has 0 N–H and O–H groups in total. The molecule has 0 atom stereocenters. The molecule has 2 aliphatic heterocycles. The lowest BCUT2D eigenvalue weighted by atomic mass is 9.34. The van der Waals surface area contributed by atoms with Gasteiger partial charge in [0, 0.05) is 11.4 Å².